The predicted octanol–water partition coefficient (Wildman–Crippen LogP) is 3.79. The normalized spacial score (nSPS) is 13.2. The molecule has 0 N–H and O–H groups in total. The van der Waals surface area contributed by atoms with Gasteiger partial charge in [0.15, 0.2) is 0 Å². The summed E-state index contributed by atoms with van der Waals surface area (Å²) in [6.45, 7) is 5.83. The second-order valence-electron chi connectivity index (χ2n) is 1.99. The molecular formula is C11H21Sn. The van der Waals surface area contributed by atoms with E-state index in [1.54, 1.807) is 0 Å². The van der Waals surface area contributed by atoms with Crippen LogP contribution >= 0.6 is 0 Å². The minimum atomic E-state index is 0. The third-order valence-electron chi connectivity index (χ3n) is 1.12. The van der Waals surface area contributed by atoms with Gasteiger partial charge >= 0.3 is 0 Å². The van der Waals surface area contributed by atoms with E-state index in [9.17, 15) is 0 Å². The summed E-state index contributed by atoms with van der Waals surface area (Å²) in [6.07, 6.45) is 8.13. The van der Waals surface area contributed by atoms with Crippen molar-refractivity contribution in [1.29, 1.82) is 0 Å². The maximum Gasteiger partial charge on any atom is 0.0163 e. The van der Waals surface area contributed by atoms with Crippen LogP contribution in [-0.4, -0.2) is 23.9 Å². The molecule has 0 aromatic carbocycles. The van der Waals surface area contributed by atoms with Gasteiger partial charge in [-0.25, -0.2) is 0 Å². The van der Waals surface area contributed by atoms with E-state index < -0.39 is 0 Å². The van der Waals surface area contributed by atoms with E-state index in [4.69, 9.17) is 0 Å². The van der Waals surface area contributed by atoms with Crippen LogP contribution in [0.15, 0.2) is 36.5 Å². The van der Waals surface area contributed by atoms with Gasteiger partial charge in [0, 0.05) is 29.8 Å². The Kier molecular flexibility index (Phi) is 20.8. The Hall–Kier alpha value is 0.0187. The van der Waals surface area contributed by atoms with Crippen molar-refractivity contribution in [1.82, 2.24) is 0 Å². The molecule has 0 unspecified atom stereocenters. The molecule has 0 nitrogen and oxygen atoms in total. The zero-order chi connectivity index (χ0) is 5.98. The second-order valence-corrected chi connectivity index (χ2v) is 1.99. The first-order valence-corrected chi connectivity index (χ1v) is 2.67. The summed E-state index contributed by atoms with van der Waals surface area (Å²) in [5.41, 5.74) is 1.08. The van der Waals surface area contributed by atoms with Gasteiger partial charge in [-0.2, -0.15) is 0 Å². The third-order valence-corrected chi connectivity index (χ3v) is 1.12. The molecule has 69 valence electrons. The van der Waals surface area contributed by atoms with Crippen LogP contribution < -0.4 is 0 Å². The summed E-state index contributed by atoms with van der Waals surface area (Å²) >= 11 is 0. The SMILES string of the molecule is C.C.C.C=C1C=C[C](C)C=C1.[Sn]. The van der Waals surface area contributed by atoms with Gasteiger partial charge in [0.05, 0.1) is 0 Å². The molecule has 0 saturated carbocycles. The van der Waals surface area contributed by atoms with E-state index in [1.807, 2.05) is 12.2 Å². The van der Waals surface area contributed by atoms with E-state index >= 15 is 0 Å². The number of rotatable bonds is 0. The van der Waals surface area contributed by atoms with Crippen LogP contribution in [0.5, 0.6) is 0 Å². The summed E-state index contributed by atoms with van der Waals surface area (Å²) in [5.74, 6) is 1.29. The second kappa shape index (κ2) is 11.0. The topological polar surface area (TPSA) is 0 Å². The summed E-state index contributed by atoms with van der Waals surface area (Å²) < 4.78 is 0. The van der Waals surface area contributed by atoms with Gasteiger partial charge in [0.25, 0.3) is 0 Å². The molecule has 0 aliphatic heterocycles. The summed E-state index contributed by atoms with van der Waals surface area (Å²) in [4.78, 5) is 0. The van der Waals surface area contributed by atoms with Crippen molar-refractivity contribution in [2.75, 3.05) is 0 Å². The molecule has 1 heteroatoms. The van der Waals surface area contributed by atoms with Crippen LogP contribution in [0.3, 0.4) is 0 Å². The molecule has 1 aliphatic carbocycles. The van der Waals surface area contributed by atoms with Crippen LogP contribution in [0.2, 0.25) is 0 Å². The maximum absolute atomic E-state index is 3.76. The van der Waals surface area contributed by atoms with Crippen LogP contribution in [0.25, 0.3) is 0 Å². The molecule has 0 aromatic rings. The van der Waals surface area contributed by atoms with Crippen molar-refractivity contribution in [2.24, 2.45) is 0 Å². The van der Waals surface area contributed by atoms with Crippen LogP contribution in [0.4, 0.5) is 0 Å². The molecule has 0 saturated heterocycles. The molecular weight excluding hydrogens is 251 g/mol. The van der Waals surface area contributed by atoms with Crippen molar-refractivity contribution in [3.8, 4) is 0 Å². The Labute approximate surface area is 95.4 Å². The molecule has 0 fully saturated rings. The third kappa shape index (κ3) is 8.12. The zero-order valence-electron chi connectivity index (χ0n) is 5.52. The van der Waals surface area contributed by atoms with Gasteiger partial charge in [0.1, 0.15) is 0 Å². The van der Waals surface area contributed by atoms with Gasteiger partial charge in [-0.05, 0) is 5.57 Å². The molecule has 0 heterocycles. The molecule has 0 amide bonds. The molecule has 0 atom stereocenters. The minimum Gasteiger partial charge on any atom is -0.0918 e. The molecule has 1 aliphatic rings. The molecule has 5 radical (unpaired) electrons. The Morgan fingerprint density at radius 1 is 0.917 bits per heavy atom. The van der Waals surface area contributed by atoms with Gasteiger partial charge in [-0.15, -0.1) is 0 Å². The van der Waals surface area contributed by atoms with Crippen LogP contribution in [0, 0.1) is 5.92 Å². The van der Waals surface area contributed by atoms with Crippen LogP contribution in [0.1, 0.15) is 29.2 Å². The fourth-order valence-corrected chi connectivity index (χ4v) is 0.588. The van der Waals surface area contributed by atoms with E-state index in [2.05, 4.69) is 25.7 Å². The van der Waals surface area contributed by atoms with Crippen molar-refractivity contribution in [3.05, 3.63) is 42.4 Å². The smallest absolute Gasteiger partial charge is 0.0163 e. The number of hydrogen-bond acceptors (Lipinski definition) is 0. The zero-order valence-corrected chi connectivity index (χ0v) is 8.37. The molecule has 1 rings (SSSR count). The molecule has 0 bridgehead atoms. The first-order valence-electron chi connectivity index (χ1n) is 2.67. The summed E-state index contributed by atoms with van der Waals surface area (Å²) in [5, 5.41) is 0. The van der Waals surface area contributed by atoms with Gasteiger partial charge < -0.3 is 0 Å². The fourth-order valence-electron chi connectivity index (χ4n) is 0.588. The van der Waals surface area contributed by atoms with Crippen molar-refractivity contribution < 1.29 is 0 Å². The quantitative estimate of drug-likeness (QED) is 0.588. The van der Waals surface area contributed by atoms with E-state index in [1.165, 1.54) is 5.92 Å². The average molecular weight is 272 g/mol. The molecule has 0 spiro atoms. The minimum absolute atomic E-state index is 0. The van der Waals surface area contributed by atoms with Gasteiger partial charge in [-0.1, -0.05) is 60.1 Å². The Bertz CT molecular complexity index is 138. The molecule has 0 aromatic heterocycles. The fraction of sp³-hybridized carbons (Fsp3) is 0.364. The largest absolute Gasteiger partial charge is 0.0918 e. The van der Waals surface area contributed by atoms with E-state index in [0.717, 1.165) is 5.57 Å². The Morgan fingerprint density at radius 3 is 1.50 bits per heavy atom. The van der Waals surface area contributed by atoms with Crippen molar-refractivity contribution >= 4 is 23.9 Å². The Balaban J connectivity index is -0.0000000800. The number of allylic oxidation sites excluding steroid dienone is 5. The Morgan fingerprint density at radius 2 is 1.25 bits per heavy atom. The van der Waals surface area contributed by atoms with E-state index in [0.29, 0.717) is 0 Å². The first-order chi connectivity index (χ1) is 3.79. The van der Waals surface area contributed by atoms with Crippen molar-refractivity contribution in [2.45, 2.75) is 29.2 Å². The predicted molar refractivity (Wildman–Crippen MR) is 62.3 cm³/mol. The maximum atomic E-state index is 3.76. The van der Waals surface area contributed by atoms with Gasteiger partial charge in [-0.3, -0.25) is 0 Å². The first kappa shape index (κ1) is 22.7. The van der Waals surface area contributed by atoms with Crippen molar-refractivity contribution in [3.63, 3.8) is 0 Å². The summed E-state index contributed by atoms with van der Waals surface area (Å²) in [6, 6.07) is 0. The average Bonchev–Trinajstić information content (AvgIpc) is 1.77. The van der Waals surface area contributed by atoms with E-state index in [-0.39, 0.29) is 46.2 Å². The van der Waals surface area contributed by atoms with Gasteiger partial charge in [0.2, 0.25) is 0 Å². The number of hydrogen-bond donors (Lipinski definition) is 0. The molecule has 12 heavy (non-hydrogen) atoms. The standard InChI is InChI=1S/C8H9.3CH4.Sn/c1-7-3-5-8(2)6-4-7;;;;/h3-6H,1H2,2H3;3*1H4;. The van der Waals surface area contributed by atoms with Crippen LogP contribution in [-0.2, 0) is 0 Å². The summed E-state index contributed by atoms with van der Waals surface area (Å²) in [7, 11) is 0. The monoisotopic (exact) mass is 273 g/mol.